The van der Waals surface area contributed by atoms with Crippen LogP contribution < -0.4 is 10.9 Å². The molecule has 0 unspecified atom stereocenters. The SMILES string of the molecule is CC(C)(C)OC(=O)N1CCC[C@H](C(=O)NCCn2cnc3ccsc3c2=O)C1. The molecule has 0 radical (unpaired) electrons. The molecular weight excluding hydrogens is 380 g/mol. The van der Waals surface area contributed by atoms with Crippen LogP contribution in [0.1, 0.15) is 33.6 Å². The van der Waals surface area contributed by atoms with E-state index in [1.807, 2.05) is 32.2 Å². The number of piperidine rings is 1. The largest absolute Gasteiger partial charge is 0.444 e. The number of hydrogen-bond acceptors (Lipinski definition) is 6. The number of hydrogen-bond donors (Lipinski definition) is 1. The van der Waals surface area contributed by atoms with Crippen molar-refractivity contribution in [1.82, 2.24) is 19.8 Å². The summed E-state index contributed by atoms with van der Waals surface area (Å²) in [6, 6.07) is 1.81. The van der Waals surface area contributed by atoms with Crippen LogP contribution in [0.4, 0.5) is 4.79 Å². The van der Waals surface area contributed by atoms with Crippen LogP contribution >= 0.6 is 11.3 Å². The Balaban J connectivity index is 1.52. The number of amides is 2. The van der Waals surface area contributed by atoms with Gasteiger partial charge in [-0.25, -0.2) is 9.78 Å². The van der Waals surface area contributed by atoms with E-state index < -0.39 is 5.60 Å². The Morgan fingerprint density at radius 1 is 1.39 bits per heavy atom. The standard InChI is InChI=1S/C19H26N4O4S/c1-19(2,3)27-18(26)22-8-4-5-13(11-22)16(24)20-7-9-23-12-21-14-6-10-28-15(14)17(23)25/h6,10,12-13H,4-5,7-9,11H2,1-3H3,(H,20,24)/t13-/m0/s1. The van der Waals surface area contributed by atoms with Crippen LogP contribution in [-0.4, -0.2) is 51.7 Å². The average molecular weight is 407 g/mol. The fourth-order valence-corrected chi connectivity index (χ4v) is 3.96. The van der Waals surface area contributed by atoms with Gasteiger partial charge in [-0.15, -0.1) is 11.3 Å². The van der Waals surface area contributed by atoms with Crippen molar-refractivity contribution in [1.29, 1.82) is 0 Å². The molecule has 2 amide bonds. The molecule has 1 aliphatic rings. The molecule has 0 aliphatic carbocycles. The van der Waals surface area contributed by atoms with Crippen molar-refractivity contribution < 1.29 is 14.3 Å². The Hall–Kier alpha value is -2.42. The second-order valence-electron chi connectivity index (χ2n) is 7.93. The van der Waals surface area contributed by atoms with Gasteiger partial charge < -0.3 is 15.0 Å². The molecule has 0 saturated carbocycles. The van der Waals surface area contributed by atoms with E-state index in [2.05, 4.69) is 10.3 Å². The molecule has 2 aromatic rings. The van der Waals surface area contributed by atoms with Gasteiger partial charge in [-0.2, -0.15) is 0 Å². The highest BCUT2D eigenvalue weighted by Gasteiger charge is 2.30. The van der Waals surface area contributed by atoms with Crippen molar-refractivity contribution in [3.05, 3.63) is 28.1 Å². The lowest BCUT2D eigenvalue weighted by molar-refractivity contribution is -0.126. The highest BCUT2D eigenvalue weighted by molar-refractivity contribution is 7.17. The van der Waals surface area contributed by atoms with Crippen molar-refractivity contribution in [2.24, 2.45) is 5.92 Å². The zero-order valence-corrected chi connectivity index (χ0v) is 17.3. The minimum absolute atomic E-state index is 0.0944. The van der Waals surface area contributed by atoms with E-state index in [-0.39, 0.29) is 23.5 Å². The fourth-order valence-electron chi connectivity index (χ4n) is 3.17. The number of carbonyl (C=O) groups excluding carboxylic acids is 2. The van der Waals surface area contributed by atoms with Gasteiger partial charge in [0.05, 0.1) is 17.8 Å². The molecule has 1 aliphatic heterocycles. The van der Waals surface area contributed by atoms with Crippen LogP contribution in [0.3, 0.4) is 0 Å². The number of rotatable bonds is 4. The number of thiophene rings is 1. The van der Waals surface area contributed by atoms with Gasteiger partial charge in [-0.3, -0.25) is 14.2 Å². The Morgan fingerprint density at radius 2 is 2.18 bits per heavy atom. The lowest BCUT2D eigenvalue weighted by Gasteiger charge is -2.33. The summed E-state index contributed by atoms with van der Waals surface area (Å²) in [7, 11) is 0. The van der Waals surface area contributed by atoms with Crippen molar-refractivity contribution >= 4 is 33.6 Å². The maximum Gasteiger partial charge on any atom is 0.410 e. The third-order valence-corrected chi connectivity index (χ3v) is 5.42. The second-order valence-corrected chi connectivity index (χ2v) is 8.85. The summed E-state index contributed by atoms with van der Waals surface area (Å²) >= 11 is 1.36. The van der Waals surface area contributed by atoms with Crippen LogP contribution in [0.5, 0.6) is 0 Å². The van der Waals surface area contributed by atoms with Gasteiger partial charge >= 0.3 is 6.09 Å². The molecule has 28 heavy (non-hydrogen) atoms. The summed E-state index contributed by atoms with van der Waals surface area (Å²) in [6.07, 6.45) is 2.62. The molecule has 0 aromatic carbocycles. The van der Waals surface area contributed by atoms with Gasteiger partial charge in [-0.05, 0) is 45.1 Å². The first-order chi connectivity index (χ1) is 13.2. The summed E-state index contributed by atoms with van der Waals surface area (Å²) in [5.74, 6) is -0.373. The molecule has 3 rings (SSSR count). The predicted molar refractivity (Wildman–Crippen MR) is 107 cm³/mol. The third kappa shape index (κ3) is 4.89. The minimum Gasteiger partial charge on any atom is -0.444 e. The molecule has 2 aromatic heterocycles. The zero-order chi connectivity index (χ0) is 20.3. The van der Waals surface area contributed by atoms with Crippen molar-refractivity contribution in [2.45, 2.75) is 45.8 Å². The summed E-state index contributed by atoms with van der Waals surface area (Å²) in [5, 5.41) is 4.71. The number of aromatic nitrogens is 2. The molecule has 8 nitrogen and oxygen atoms in total. The van der Waals surface area contributed by atoms with E-state index in [0.717, 1.165) is 12.8 Å². The first kappa shape index (κ1) is 20.3. The van der Waals surface area contributed by atoms with Crippen LogP contribution in [0.25, 0.3) is 10.2 Å². The number of nitrogens with one attached hydrogen (secondary N) is 1. The monoisotopic (exact) mass is 406 g/mol. The van der Waals surface area contributed by atoms with Gasteiger partial charge in [0.15, 0.2) is 0 Å². The highest BCUT2D eigenvalue weighted by Crippen LogP contribution is 2.19. The first-order valence-corrected chi connectivity index (χ1v) is 10.3. The molecule has 3 heterocycles. The maximum absolute atomic E-state index is 12.5. The zero-order valence-electron chi connectivity index (χ0n) is 16.4. The number of fused-ring (bicyclic) bond motifs is 1. The van der Waals surface area contributed by atoms with Gasteiger partial charge in [0, 0.05) is 26.2 Å². The molecule has 1 saturated heterocycles. The van der Waals surface area contributed by atoms with Gasteiger partial charge in [0.1, 0.15) is 10.3 Å². The molecular formula is C19H26N4O4S. The summed E-state index contributed by atoms with van der Waals surface area (Å²) in [5.41, 5.74) is 0.0415. The topological polar surface area (TPSA) is 93.5 Å². The smallest absolute Gasteiger partial charge is 0.410 e. The molecule has 1 N–H and O–H groups in total. The van der Waals surface area contributed by atoms with Gasteiger partial charge in [-0.1, -0.05) is 0 Å². The van der Waals surface area contributed by atoms with Crippen molar-refractivity contribution in [3.8, 4) is 0 Å². The van der Waals surface area contributed by atoms with E-state index in [9.17, 15) is 14.4 Å². The minimum atomic E-state index is -0.558. The van der Waals surface area contributed by atoms with Gasteiger partial charge in [0.25, 0.3) is 5.56 Å². The summed E-state index contributed by atoms with van der Waals surface area (Å²) < 4.78 is 7.52. The lowest BCUT2D eigenvalue weighted by Crippen LogP contribution is -2.47. The molecule has 1 atom stereocenters. The van der Waals surface area contributed by atoms with E-state index in [0.29, 0.717) is 36.4 Å². The lowest BCUT2D eigenvalue weighted by atomic mass is 9.97. The highest BCUT2D eigenvalue weighted by atomic mass is 32.1. The normalized spacial score (nSPS) is 17.5. The molecule has 0 bridgehead atoms. The predicted octanol–water partition coefficient (Wildman–Crippen LogP) is 2.22. The number of nitrogens with zero attached hydrogens (tertiary/aromatic N) is 3. The van der Waals surface area contributed by atoms with Crippen molar-refractivity contribution in [3.63, 3.8) is 0 Å². The molecule has 1 fully saturated rings. The Kier molecular flexibility index (Phi) is 6.02. The number of likely N-dealkylation sites (tertiary alicyclic amines) is 1. The van der Waals surface area contributed by atoms with E-state index in [1.54, 1.807) is 4.90 Å². The molecule has 9 heteroatoms. The van der Waals surface area contributed by atoms with E-state index >= 15 is 0 Å². The Labute approximate surface area is 167 Å². The molecule has 152 valence electrons. The first-order valence-electron chi connectivity index (χ1n) is 9.43. The second kappa shape index (κ2) is 8.30. The third-order valence-electron chi connectivity index (χ3n) is 4.53. The Morgan fingerprint density at radius 3 is 2.93 bits per heavy atom. The fraction of sp³-hybridized carbons (Fsp3) is 0.579. The number of ether oxygens (including phenoxy) is 1. The summed E-state index contributed by atoms with van der Waals surface area (Å²) in [4.78, 5) is 42.9. The van der Waals surface area contributed by atoms with Gasteiger partial charge in [0.2, 0.25) is 5.91 Å². The van der Waals surface area contributed by atoms with Crippen molar-refractivity contribution in [2.75, 3.05) is 19.6 Å². The van der Waals surface area contributed by atoms with Crippen LogP contribution in [-0.2, 0) is 16.1 Å². The average Bonchev–Trinajstić information content (AvgIpc) is 3.12. The van der Waals surface area contributed by atoms with Crippen LogP contribution in [0.2, 0.25) is 0 Å². The van der Waals surface area contributed by atoms with E-state index in [4.69, 9.17) is 4.74 Å². The number of carbonyl (C=O) groups is 2. The summed E-state index contributed by atoms with van der Waals surface area (Å²) in [6.45, 7) is 7.11. The van der Waals surface area contributed by atoms with E-state index in [1.165, 1.54) is 22.2 Å². The molecule has 0 spiro atoms. The quantitative estimate of drug-likeness (QED) is 0.840. The van der Waals surface area contributed by atoms with Crippen LogP contribution in [0.15, 0.2) is 22.6 Å². The maximum atomic E-state index is 12.5. The Bertz CT molecular complexity index is 915. The van der Waals surface area contributed by atoms with Crippen LogP contribution in [0, 0.1) is 5.92 Å².